The van der Waals surface area contributed by atoms with E-state index < -0.39 is 29.9 Å². The van der Waals surface area contributed by atoms with Crippen molar-refractivity contribution >= 4 is 12.1 Å². The number of amides is 1. The van der Waals surface area contributed by atoms with Crippen molar-refractivity contribution in [3.05, 3.63) is 0 Å². The number of ether oxygens (including phenoxy) is 1. The van der Waals surface area contributed by atoms with Gasteiger partial charge >= 0.3 is 12.1 Å². The summed E-state index contributed by atoms with van der Waals surface area (Å²) in [6, 6.07) is -1.07. The Hall–Kier alpha value is -1.33. The minimum Gasteiger partial charge on any atom is -0.480 e. The van der Waals surface area contributed by atoms with Gasteiger partial charge in [-0.05, 0) is 39.5 Å². The highest BCUT2D eigenvalue weighted by molar-refractivity contribution is 5.80. The van der Waals surface area contributed by atoms with Crippen molar-refractivity contribution < 1.29 is 23.8 Å². The Bertz CT molecular complexity index is 307. The van der Waals surface area contributed by atoms with E-state index in [1.54, 1.807) is 20.8 Å². The summed E-state index contributed by atoms with van der Waals surface area (Å²) in [5, 5.41) is 11.2. The van der Waals surface area contributed by atoms with E-state index in [-0.39, 0.29) is 18.8 Å². The van der Waals surface area contributed by atoms with Crippen LogP contribution in [0.2, 0.25) is 0 Å². The number of alkyl halides is 1. The molecule has 98 valence electrons. The highest BCUT2D eigenvalue weighted by atomic mass is 19.1. The van der Waals surface area contributed by atoms with E-state index in [2.05, 4.69) is 5.32 Å². The van der Waals surface area contributed by atoms with Crippen molar-refractivity contribution in [2.45, 2.75) is 51.4 Å². The van der Waals surface area contributed by atoms with E-state index in [4.69, 9.17) is 9.84 Å². The van der Waals surface area contributed by atoms with Gasteiger partial charge < -0.3 is 15.2 Å². The molecule has 0 bridgehead atoms. The van der Waals surface area contributed by atoms with E-state index in [0.29, 0.717) is 0 Å². The maximum absolute atomic E-state index is 12.7. The number of halogens is 1. The fourth-order valence-electron chi connectivity index (χ4n) is 1.68. The summed E-state index contributed by atoms with van der Waals surface area (Å²) in [5.74, 6) is -1.51. The molecule has 1 rings (SSSR count). The molecule has 1 saturated carbocycles. The zero-order valence-electron chi connectivity index (χ0n) is 10.2. The molecule has 0 saturated heterocycles. The standard InChI is InChI=1S/C11H18FNO4/c1-11(2,3)17-10(16)13-8(9(14)15)6-4-7(12)5-6/h6-8H,4-5H2,1-3H3,(H,13,16)(H,14,15). The summed E-state index contributed by atoms with van der Waals surface area (Å²) in [5.41, 5.74) is -0.685. The first-order valence-corrected chi connectivity index (χ1v) is 5.55. The molecule has 1 unspecified atom stereocenters. The molecular weight excluding hydrogens is 229 g/mol. The van der Waals surface area contributed by atoms with Gasteiger partial charge in [0.25, 0.3) is 0 Å². The molecule has 0 heterocycles. The largest absolute Gasteiger partial charge is 0.480 e. The van der Waals surface area contributed by atoms with Gasteiger partial charge in [0.2, 0.25) is 0 Å². The highest BCUT2D eigenvalue weighted by Gasteiger charge is 2.40. The second kappa shape index (κ2) is 4.89. The number of hydrogen-bond donors (Lipinski definition) is 2. The third-order valence-electron chi connectivity index (χ3n) is 2.53. The Labute approximate surface area is 99.3 Å². The number of carboxylic acids is 1. The van der Waals surface area contributed by atoms with Crippen LogP contribution in [0.15, 0.2) is 0 Å². The molecule has 2 N–H and O–H groups in total. The molecule has 0 radical (unpaired) electrons. The van der Waals surface area contributed by atoms with Crippen LogP contribution in [0.3, 0.4) is 0 Å². The average molecular weight is 247 g/mol. The van der Waals surface area contributed by atoms with Crippen molar-refractivity contribution in [1.29, 1.82) is 0 Å². The van der Waals surface area contributed by atoms with Crippen LogP contribution in [0.4, 0.5) is 9.18 Å². The lowest BCUT2D eigenvalue weighted by Gasteiger charge is -2.34. The van der Waals surface area contributed by atoms with Crippen LogP contribution in [0.1, 0.15) is 33.6 Å². The SMILES string of the molecule is CC(C)(C)OC(=O)NC(C(=O)O)C1CC(F)C1. The predicted octanol–water partition coefficient (Wildman–Crippen LogP) is 1.71. The monoisotopic (exact) mass is 247 g/mol. The summed E-state index contributed by atoms with van der Waals surface area (Å²) in [7, 11) is 0. The van der Waals surface area contributed by atoms with Gasteiger partial charge in [0.15, 0.2) is 0 Å². The first-order chi connectivity index (χ1) is 7.69. The number of carboxylic acid groups (broad SMARTS) is 1. The molecule has 1 aliphatic rings. The maximum atomic E-state index is 12.7. The number of rotatable bonds is 3. The molecular formula is C11H18FNO4. The topological polar surface area (TPSA) is 75.6 Å². The molecule has 1 aliphatic carbocycles. The average Bonchev–Trinajstić information content (AvgIpc) is 2.06. The van der Waals surface area contributed by atoms with Crippen molar-refractivity contribution in [3.8, 4) is 0 Å². The van der Waals surface area contributed by atoms with Gasteiger partial charge in [-0.2, -0.15) is 0 Å². The summed E-state index contributed by atoms with van der Waals surface area (Å²) >= 11 is 0. The summed E-state index contributed by atoms with van der Waals surface area (Å²) in [4.78, 5) is 22.4. The molecule has 1 fully saturated rings. The second-order valence-corrected chi connectivity index (χ2v) is 5.29. The Morgan fingerprint density at radius 3 is 2.29 bits per heavy atom. The molecule has 0 spiro atoms. The molecule has 1 atom stereocenters. The molecule has 0 aromatic rings. The fourth-order valence-corrected chi connectivity index (χ4v) is 1.68. The molecule has 5 nitrogen and oxygen atoms in total. The smallest absolute Gasteiger partial charge is 0.408 e. The van der Waals surface area contributed by atoms with Crippen molar-refractivity contribution in [2.24, 2.45) is 5.92 Å². The maximum Gasteiger partial charge on any atom is 0.408 e. The molecule has 17 heavy (non-hydrogen) atoms. The van der Waals surface area contributed by atoms with Crippen LogP contribution in [-0.2, 0) is 9.53 Å². The third kappa shape index (κ3) is 4.20. The van der Waals surface area contributed by atoms with Crippen molar-refractivity contribution in [2.75, 3.05) is 0 Å². The second-order valence-electron chi connectivity index (χ2n) is 5.29. The number of carbonyl (C=O) groups excluding carboxylic acids is 1. The first-order valence-electron chi connectivity index (χ1n) is 5.55. The van der Waals surface area contributed by atoms with E-state index in [1.807, 2.05) is 0 Å². The molecule has 0 aliphatic heterocycles. The van der Waals surface area contributed by atoms with E-state index in [1.165, 1.54) is 0 Å². The number of aliphatic carboxylic acids is 1. The van der Waals surface area contributed by atoms with Crippen LogP contribution in [0.5, 0.6) is 0 Å². The Kier molecular flexibility index (Phi) is 3.95. The van der Waals surface area contributed by atoms with Gasteiger partial charge in [0.1, 0.15) is 17.8 Å². The molecule has 1 amide bonds. The minimum atomic E-state index is -1.16. The Morgan fingerprint density at radius 1 is 1.41 bits per heavy atom. The zero-order chi connectivity index (χ0) is 13.2. The van der Waals surface area contributed by atoms with Crippen molar-refractivity contribution in [1.82, 2.24) is 5.32 Å². The number of hydrogen-bond acceptors (Lipinski definition) is 3. The summed E-state index contributed by atoms with van der Waals surface area (Å²) in [6.07, 6.45) is -1.39. The van der Waals surface area contributed by atoms with Gasteiger partial charge in [-0.25, -0.2) is 14.0 Å². The number of alkyl carbamates (subject to hydrolysis) is 1. The molecule has 0 aromatic heterocycles. The van der Waals surface area contributed by atoms with Gasteiger partial charge in [-0.1, -0.05) is 0 Å². The third-order valence-corrected chi connectivity index (χ3v) is 2.53. The zero-order valence-corrected chi connectivity index (χ0v) is 10.2. The van der Waals surface area contributed by atoms with Gasteiger partial charge in [0, 0.05) is 0 Å². The number of nitrogens with one attached hydrogen (secondary N) is 1. The van der Waals surface area contributed by atoms with E-state index in [0.717, 1.165) is 0 Å². The van der Waals surface area contributed by atoms with Gasteiger partial charge in [0.05, 0.1) is 0 Å². The molecule has 6 heteroatoms. The van der Waals surface area contributed by atoms with Gasteiger partial charge in [-0.15, -0.1) is 0 Å². The van der Waals surface area contributed by atoms with Crippen LogP contribution < -0.4 is 5.32 Å². The Morgan fingerprint density at radius 2 is 1.94 bits per heavy atom. The van der Waals surface area contributed by atoms with Crippen LogP contribution in [0.25, 0.3) is 0 Å². The Balaban J connectivity index is 2.50. The minimum absolute atomic E-state index is 0.173. The summed E-state index contributed by atoms with van der Waals surface area (Å²) in [6.45, 7) is 5.05. The highest BCUT2D eigenvalue weighted by Crippen LogP contribution is 2.33. The summed E-state index contributed by atoms with van der Waals surface area (Å²) < 4.78 is 17.6. The lowest BCUT2D eigenvalue weighted by Crippen LogP contribution is -2.51. The predicted molar refractivity (Wildman–Crippen MR) is 58.4 cm³/mol. The fraction of sp³-hybridized carbons (Fsp3) is 0.818. The van der Waals surface area contributed by atoms with E-state index in [9.17, 15) is 14.0 Å². The van der Waals surface area contributed by atoms with Crippen LogP contribution >= 0.6 is 0 Å². The van der Waals surface area contributed by atoms with Crippen molar-refractivity contribution in [3.63, 3.8) is 0 Å². The number of carbonyl (C=O) groups is 2. The lowest BCUT2D eigenvalue weighted by molar-refractivity contribution is -0.142. The normalized spacial score (nSPS) is 25.6. The first kappa shape index (κ1) is 13.7. The lowest BCUT2D eigenvalue weighted by atomic mass is 9.78. The molecule has 0 aromatic carbocycles. The van der Waals surface area contributed by atoms with Gasteiger partial charge in [-0.3, -0.25) is 0 Å². The van der Waals surface area contributed by atoms with Crippen LogP contribution in [0, 0.1) is 5.92 Å². The van der Waals surface area contributed by atoms with Crippen LogP contribution in [-0.4, -0.2) is 35.0 Å². The van der Waals surface area contributed by atoms with E-state index >= 15 is 0 Å². The quantitative estimate of drug-likeness (QED) is 0.796.